The highest BCUT2D eigenvalue weighted by Gasteiger charge is 2.16. The van der Waals surface area contributed by atoms with Gasteiger partial charge in [0.15, 0.2) is 0 Å². The van der Waals surface area contributed by atoms with Gasteiger partial charge >= 0.3 is 0 Å². The first-order valence-electron chi connectivity index (χ1n) is 6.55. The molecular weight excluding hydrogens is 311 g/mol. The van der Waals surface area contributed by atoms with Crippen molar-refractivity contribution in [3.05, 3.63) is 52.7 Å². The third kappa shape index (κ3) is 4.34. The van der Waals surface area contributed by atoms with Gasteiger partial charge in [0.2, 0.25) is 10.0 Å². The Bertz CT molecular complexity index is 699. The van der Waals surface area contributed by atoms with Crippen molar-refractivity contribution in [2.24, 2.45) is 5.73 Å². The summed E-state index contributed by atoms with van der Waals surface area (Å²) in [7, 11) is -3.54. The standard InChI is InChI=1S/C14H17FN2O2S2/c15-13-4-2-1-3-11(13)8-10-17-21(18,19)14-6-5-12(20-14)7-9-16/h1-6,17H,7-10,16H2. The monoisotopic (exact) mass is 328 g/mol. The van der Waals surface area contributed by atoms with Gasteiger partial charge in [0, 0.05) is 11.4 Å². The topological polar surface area (TPSA) is 72.2 Å². The van der Waals surface area contributed by atoms with Gasteiger partial charge in [-0.15, -0.1) is 11.3 Å². The molecule has 0 amide bonds. The number of hydrogen-bond donors (Lipinski definition) is 2. The molecule has 4 nitrogen and oxygen atoms in total. The lowest BCUT2D eigenvalue weighted by molar-refractivity contribution is 0.579. The lowest BCUT2D eigenvalue weighted by Gasteiger charge is -2.05. The van der Waals surface area contributed by atoms with Crippen molar-refractivity contribution in [2.45, 2.75) is 17.1 Å². The summed E-state index contributed by atoms with van der Waals surface area (Å²) in [5.74, 6) is -0.321. The summed E-state index contributed by atoms with van der Waals surface area (Å²) in [4.78, 5) is 0.937. The minimum absolute atomic E-state index is 0.160. The van der Waals surface area contributed by atoms with Gasteiger partial charge in [-0.2, -0.15) is 0 Å². The molecule has 0 fully saturated rings. The van der Waals surface area contributed by atoms with Gasteiger partial charge in [-0.25, -0.2) is 17.5 Å². The van der Waals surface area contributed by atoms with Crippen molar-refractivity contribution in [3.8, 4) is 0 Å². The van der Waals surface area contributed by atoms with Crippen molar-refractivity contribution in [2.75, 3.05) is 13.1 Å². The quantitative estimate of drug-likeness (QED) is 0.815. The first kappa shape index (κ1) is 16.1. The van der Waals surface area contributed by atoms with E-state index in [0.29, 0.717) is 24.9 Å². The van der Waals surface area contributed by atoms with Crippen LogP contribution in [0.2, 0.25) is 0 Å². The Morgan fingerprint density at radius 2 is 1.90 bits per heavy atom. The first-order valence-corrected chi connectivity index (χ1v) is 8.85. The second-order valence-corrected chi connectivity index (χ2v) is 7.66. The molecule has 1 aromatic carbocycles. The maximum absolute atomic E-state index is 13.4. The van der Waals surface area contributed by atoms with Crippen LogP contribution in [0.15, 0.2) is 40.6 Å². The lowest BCUT2D eigenvalue weighted by Crippen LogP contribution is -2.25. The molecule has 3 N–H and O–H groups in total. The molecule has 21 heavy (non-hydrogen) atoms. The highest BCUT2D eigenvalue weighted by atomic mass is 32.2. The third-order valence-corrected chi connectivity index (χ3v) is 6.03. The van der Waals surface area contributed by atoms with Crippen LogP contribution >= 0.6 is 11.3 Å². The van der Waals surface area contributed by atoms with Crippen LogP contribution in [-0.2, 0) is 22.9 Å². The summed E-state index contributed by atoms with van der Waals surface area (Å²) >= 11 is 1.21. The Morgan fingerprint density at radius 1 is 1.14 bits per heavy atom. The number of rotatable bonds is 7. The largest absolute Gasteiger partial charge is 0.330 e. The van der Waals surface area contributed by atoms with E-state index >= 15 is 0 Å². The SMILES string of the molecule is NCCc1ccc(S(=O)(=O)NCCc2ccccc2F)s1. The summed E-state index contributed by atoms with van der Waals surface area (Å²) in [6, 6.07) is 9.68. The van der Waals surface area contributed by atoms with Crippen molar-refractivity contribution in [1.29, 1.82) is 0 Å². The average molecular weight is 328 g/mol. The summed E-state index contributed by atoms with van der Waals surface area (Å²) in [5.41, 5.74) is 5.94. The van der Waals surface area contributed by atoms with Crippen LogP contribution in [0.1, 0.15) is 10.4 Å². The predicted molar refractivity (Wildman–Crippen MR) is 82.4 cm³/mol. The van der Waals surface area contributed by atoms with Gasteiger partial charge < -0.3 is 5.73 Å². The van der Waals surface area contributed by atoms with Crippen LogP contribution in [-0.4, -0.2) is 21.5 Å². The maximum Gasteiger partial charge on any atom is 0.250 e. The fourth-order valence-corrected chi connectivity index (χ4v) is 4.32. The number of benzene rings is 1. The maximum atomic E-state index is 13.4. The molecule has 7 heteroatoms. The number of nitrogens with one attached hydrogen (secondary N) is 1. The second-order valence-electron chi connectivity index (χ2n) is 4.50. The highest BCUT2D eigenvalue weighted by molar-refractivity contribution is 7.91. The molecule has 0 spiro atoms. The molecule has 0 saturated carbocycles. The summed E-state index contributed by atoms with van der Waals surface area (Å²) in [6.07, 6.45) is 0.975. The normalized spacial score (nSPS) is 11.7. The van der Waals surface area contributed by atoms with Crippen molar-refractivity contribution >= 4 is 21.4 Å². The lowest BCUT2D eigenvalue weighted by atomic mass is 10.1. The van der Waals surface area contributed by atoms with E-state index in [2.05, 4.69) is 4.72 Å². The zero-order chi connectivity index (χ0) is 15.3. The molecule has 0 aliphatic heterocycles. The van der Waals surface area contributed by atoms with E-state index in [9.17, 15) is 12.8 Å². The second kappa shape index (κ2) is 7.13. The van der Waals surface area contributed by atoms with Crippen LogP contribution in [0.3, 0.4) is 0 Å². The Hall–Kier alpha value is -1.28. The van der Waals surface area contributed by atoms with Crippen molar-refractivity contribution < 1.29 is 12.8 Å². The molecule has 0 radical (unpaired) electrons. The molecule has 1 heterocycles. The van der Waals surface area contributed by atoms with E-state index in [0.717, 1.165) is 4.88 Å². The molecular formula is C14H17FN2O2S2. The molecule has 0 aliphatic carbocycles. The number of halogens is 1. The van der Waals surface area contributed by atoms with E-state index in [1.807, 2.05) is 0 Å². The number of thiophene rings is 1. The van der Waals surface area contributed by atoms with E-state index < -0.39 is 10.0 Å². The van der Waals surface area contributed by atoms with Gasteiger partial charge in [-0.3, -0.25) is 0 Å². The molecule has 114 valence electrons. The molecule has 0 aliphatic rings. The van der Waals surface area contributed by atoms with E-state index in [1.165, 1.54) is 17.4 Å². The van der Waals surface area contributed by atoms with Gasteiger partial charge in [0.25, 0.3) is 0 Å². The summed E-state index contributed by atoms with van der Waals surface area (Å²) < 4.78 is 40.4. The highest BCUT2D eigenvalue weighted by Crippen LogP contribution is 2.21. The molecule has 0 bridgehead atoms. The number of sulfonamides is 1. The fourth-order valence-electron chi connectivity index (χ4n) is 1.87. The average Bonchev–Trinajstić information content (AvgIpc) is 2.91. The third-order valence-electron chi connectivity index (χ3n) is 2.94. The minimum Gasteiger partial charge on any atom is -0.330 e. The van der Waals surface area contributed by atoms with E-state index in [1.54, 1.807) is 30.3 Å². The van der Waals surface area contributed by atoms with Crippen molar-refractivity contribution in [1.82, 2.24) is 4.72 Å². The zero-order valence-electron chi connectivity index (χ0n) is 11.4. The number of nitrogens with two attached hydrogens (primary N) is 1. The Morgan fingerprint density at radius 3 is 2.62 bits per heavy atom. The molecule has 2 rings (SSSR count). The molecule has 1 aromatic heterocycles. The Balaban J connectivity index is 1.96. The smallest absolute Gasteiger partial charge is 0.250 e. The predicted octanol–water partition coefficient (Wildman–Crippen LogP) is 1.91. The van der Waals surface area contributed by atoms with Crippen LogP contribution in [0.25, 0.3) is 0 Å². The van der Waals surface area contributed by atoms with Crippen LogP contribution in [0.4, 0.5) is 4.39 Å². The van der Waals surface area contributed by atoms with Gasteiger partial charge in [0.05, 0.1) is 0 Å². The summed E-state index contributed by atoms with van der Waals surface area (Å²) in [5, 5.41) is 0. The van der Waals surface area contributed by atoms with Gasteiger partial charge in [-0.1, -0.05) is 18.2 Å². The van der Waals surface area contributed by atoms with Gasteiger partial charge in [0.1, 0.15) is 10.0 Å². The van der Waals surface area contributed by atoms with Crippen LogP contribution in [0.5, 0.6) is 0 Å². The zero-order valence-corrected chi connectivity index (χ0v) is 13.0. The van der Waals surface area contributed by atoms with Crippen molar-refractivity contribution in [3.63, 3.8) is 0 Å². The molecule has 2 aromatic rings. The summed E-state index contributed by atoms with van der Waals surface area (Å²) in [6.45, 7) is 0.647. The number of hydrogen-bond acceptors (Lipinski definition) is 4. The Labute approximate surface area is 127 Å². The first-order chi connectivity index (χ1) is 10.0. The van der Waals surface area contributed by atoms with Gasteiger partial charge in [-0.05, 0) is 43.1 Å². The van der Waals surface area contributed by atoms with Crippen LogP contribution < -0.4 is 10.5 Å². The molecule has 0 unspecified atom stereocenters. The fraction of sp³-hybridized carbons (Fsp3) is 0.286. The van der Waals surface area contributed by atoms with E-state index in [4.69, 9.17) is 5.73 Å². The Kier molecular flexibility index (Phi) is 5.46. The van der Waals surface area contributed by atoms with Crippen LogP contribution in [0, 0.1) is 5.82 Å². The minimum atomic E-state index is -3.54. The molecule has 0 saturated heterocycles. The molecule has 0 atom stereocenters. The van der Waals surface area contributed by atoms with E-state index in [-0.39, 0.29) is 16.6 Å².